The van der Waals surface area contributed by atoms with Crippen molar-refractivity contribution >= 4 is 5.91 Å². The third kappa shape index (κ3) is 4.08. The Morgan fingerprint density at radius 3 is 2.79 bits per heavy atom. The summed E-state index contributed by atoms with van der Waals surface area (Å²) in [4.78, 5) is 18.1. The van der Waals surface area contributed by atoms with E-state index in [-0.39, 0.29) is 31.3 Å². The highest BCUT2D eigenvalue weighted by Gasteiger charge is 2.38. The Labute approximate surface area is 139 Å². The number of hydrogen-bond donors (Lipinski definition) is 1. The number of hydrogen-bond acceptors (Lipinski definition) is 4. The van der Waals surface area contributed by atoms with Gasteiger partial charge in [0.2, 0.25) is 5.91 Å². The Balaban J connectivity index is 1.53. The number of aliphatic hydroxyl groups is 1. The number of amides is 1. The van der Waals surface area contributed by atoms with E-state index in [0.29, 0.717) is 24.4 Å². The van der Waals surface area contributed by atoms with Crippen molar-refractivity contribution in [2.75, 3.05) is 19.7 Å². The van der Waals surface area contributed by atoms with Gasteiger partial charge in [0.25, 0.3) is 0 Å². The largest absolute Gasteiger partial charge is 0.491 e. The van der Waals surface area contributed by atoms with E-state index >= 15 is 0 Å². The third-order valence-electron chi connectivity index (χ3n) is 4.06. The second-order valence-corrected chi connectivity index (χ2v) is 6.03. The Kier molecular flexibility index (Phi) is 4.76. The van der Waals surface area contributed by atoms with Gasteiger partial charge in [-0.15, -0.1) is 0 Å². The van der Waals surface area contributed by atoms with Crippen LogP contribution < -0.4 is 4.74 Å². The summed E-state index contributed by atoms with van der Waals surface area (Å²) in [5, 5.41) is 10.6. The lowest BCUT2D eigenvalue weighted by Gasteiger charge is -2.23. The minimum atomic E-state index is -1.09. The number of halogens is 1. The summed E-state index contributed by atoms with van der Waals surface area (Å²) in [6.07, 6.45) is 2.32. The molecule has 126 valence electrons. The summed E-state index contributed by atoms with van der Waals surface area (Å²) >= 11 is 0. The molecule has 1 aromatic carbocycles. The third-order valence-corrected chi connectivity index (χ3v) is 4.06. The van der Waals surface area contributed by atoms with Crippen LogP contribution in [-0.2, 0) is 11.2 Å². The summed E-state index contributed by atoms with van der Waals surface area (Å²) in [7, 11) is 0. The van der Waals surface area contributed by atoms with Crippen LogP contribution in [0.15, 0.2) is 48.7 Å². The average molecular weight is 330 g/mol. The summed E-state index contributed by atoms with van der Waals surface area (Å²) in [6, 6.07) is 11.1. The molecule has 1 amide bonds. The van der Waals surface area contributed by atoms with Gasteiger partial charge in [0.15, 0.2) is 0 Å². The fourth-order valence-corrected chi connectivity index (χ4v) is 2.71. The van der Waals surface area contributed by atoms with Crippen molar-refractivity contribution in [3.63, 3.8) is 0 Å². The van der Waals surface area contributed by atoms with Crippen LogP contribution in [0.3, 0.4) is 0 Å². The van der Waals surface area contributed by atoms with Crippen molar-refractivity contribution in [3.05, 3.63) is 60.2 Å². The molecule has 0 saturated carbocycles. The van der Waals surface area contributed by atoms with Gasteiger partial charge in [0.1, 0.15) is 23.8 Å². The van der Waals surface area contributed by atoms with Crippen molar-refractivity contribution in [1.29, 1.82) is 0 Å². The minimum absolute atomic E-state index is 0.0615. The molecule has 2 aromatic rings. The zero-order valence-corrected chi connectivity index (χ0v) is 13.2. The summed E-state index contributed by atoms with van der Waals surface area (Å²) in [6.45, 7) is 0.765. The summed E-state index contributed by atoms with van der Waals surface area (Å²) < 4.78 is 18.4. The lowest BCUT2D eigenvalue weighted by Crippen LogP contribution is -2.41. The van der Waals surface area contributed by atoms with Gasteiger partial charge in [-0.05, 0) is 42.8 Å². The van der Waals surface area contributed by atoms with Crippen molar-refractivity contribution in [2.45, 2.75) is 18.4 Å². The minimum Gasteiger partial charge on any atom is -0.491 e. The van der Waals surface area contributed by atoms with Gasteiger partial charge in [-0.3, -0.25) is 9.78 Å². The molecule has 1 N–H and O–H groups in total. The van der Waals surface area contributed by atoms with Gasteiger partial charge >= 0.3 is 0 Å². The predicted octanol–water partition coefficient (Wildman–Crippen LogP) is 1.81. The lowest BCUT2D eigenvalue weighted by molar-refractivity contribution is -0.130. The van der Waals surface area contributed by atoms with E-state index in [2.05, 4.69) is 4.98 Å². The lowest BCUT2D eigenvalue weighted by atomic mass is 10.1. The molecule has 0 unspecified atom stereocenters. The first-order valence-electron chi connectivity index (χ1n) is 7.83. The number of benzene rings is 1. The quantitative estimate of drug-likeness (QED) is 0.908. The first-order chi connectivity index (χ1) is 11.5. The SMILES string of the molecule is O=C(Cc1ccccn1)N1CC[C@](O)(COc2ccc(F)cc2)C1. The molecule has 1 aromatic heterocycles. The van der Waals surface area contributed by atoms with Gasteiger partial charge in [-0.25, -0.2) is 4.39 Å². The smallest absolute Gasteiger partial charge is 0.228 e. The van der Waals surface area contributed by atoms with E-state index < -0.39 is 5.60 Å². The topological polar surface area (TPSA) is 62.7 Å². The maximum Gasteiger partial charge on any atom is 0.228 e. The standard InChI is InChI=1S/C18H19FN2O3/c19-14-4-6-16(7-5-14)24-13-18(23)8-10-21(12-18)17(22)11-15-3-1-2-9-20-15/h1-7,9,23H,8,10-13H2/t18-/m1/s1. The second kappa shape index (κ2) is 6.97. The first kappa shape index (κ1) is 16.4. The van der Waals surface area contributed by atoms with Crippen LogP contribution in [0.5, 0.6) is 5.75 Å². The normalized spacial score (nSPS) is 20.2. The number of ether oxygens (including phenoxy) is 1. The molecule has 1 atom stereocenters. The highest BCUT2D eigenvalue weighted by Crippen LogP contribution is 2.23. The van der Waals surface area contributed by atoms with E-state index in [1.807, 2.05) is 6.07 Å². The first-order valence-corrected chi connectivity index (χ1v) is 7.83. The molecule has 6 heteroatoms. The van der Waals surface area contributed by atoms with Crippen molar-refractivity contribution < 1.29 is 19.0 Å². The van der Waals surface area contributed by atoms with Gasteiger partial charge in [-0.2, -0.15) is 0 Å². The number of carbonyl (C=O) groups excluding carboxylic acids is 1. The molecule has 0 spiro atoms. The van der Waals surface area contributed by atoms with E-state index in [9.17, 15) is 14.3 Å². The number of rotatable bonds is 5. The van der Waals surface area contributed by atoms with Crippen LogP contribution in [0.1, 0.15) is 12.1 Å². The van der Waals surface area contributed by atoms with Gasteiger partial charge in [-0.1, -0.05) is 6.07 Å². The monoisotopic (exact) mass is 330 g/mol. The maximum atomic E-state index is 12.9. The second-order valence-electron chi connectivity index (χ2n) is 6.03. The molecule has 1 aliphatic heterocycles. The molecule has 24 heavy (non-hydrogen) atoms. The van der Waals surface area contributed by atoms with Gasteiger partial charge in [0, 0.05) is 18.4 Å². The van der Waals surface area contributed by atoms with Crippen LogP contribution in [0, 0.1) is 5.82 Å². The van der Waals surface area contributed by atoms with Crippen molar-refractivity contribution in [3.8, 4) is 5.75 Å². The zero-order valence-electron chi connectivity index (χ0n) is 13.2. The molecule has 0 radical (unpaired) electrons. The average Bonchev–Trinajstić information content (AvgIpc) is 2.98. The van der Waals surface area contributed by atoms with Gasteiger partial charge in [0.05, 0.1) is 13.0 Å². The molecule has 1 saturated heterocycles. The van der Waals surface area contributed by atoms with Crippen LogP contribution in [-0.4, -0.2) is 46.2 Å². The van der Waals surface area contributed by atoms with Crippen LogP contribution in [0.25, 0.3) is 0 Å². The molecule has 5 nitrogen and oxygen atoms in total. The molecule has 2 heterocycles. The summed E-state index contributed by atoms with van der Waals surface area (Å²) in [5.41, 5.74) is -0.380. The van der Waals surface area contributed by atoms with Crippen molar-refractivity contribution in [2.24, 2.45) is 0 Å². The summed E-state index contributed by atoms with van der Waals surface area (Å²) in [5.74, 6) is 0.0858. The number of pyridine rings is 1. The number of likely N-dealkylation sites (tertiary alicyclic amines) is 1. The highest BCUT2D eigenvalue weighted by atomic mass is 19.1. The van der Waals surface area contributed by atoms with Crippen LogP contribution in [0.2, 0.25) is 0 Å². The number of nitrogens with zero attached hydrogens (tertiary/aromatic N) is 2. The van der Waals surface area contributed by atoms with E-state index in [1.54, 1.807) is 23.2 Å². The van der Waals surface area contributed by atoms with Gasteiger partial charge < -0.3 is 14.7 Å². The van der Waals surface area contributed by atoms with E-state index in [1.165, 1.54) is 24.3 Å². The Hall–Kier alpha value is -2.47. The molecule has 0 bridgehead atoms. The van der Waals surface area contributed by atoms with E-state index in [4.69, 9.17) is 4.74 Å². The fraction of sp³-hybridized carbons (Fsp3) is 0.333. The predicted molar refractivity (Wildman–Crippen MR) is 86.0 cm³/mol. The molecular weight excluding hydrogens is 311 g/mol. The van der Waals surface area contributed by atoms with Crippen LogP contribution >= 0.6 is 0 Å². The molecule has 0 aliphatic carbocycles. The number of carbonyl (C=O) groups is 1. The molecule has 3 rings (SSSR count). The molecular formula is C18H19FN2O3. The number of aromatic nitrogens is 1. The Morgan fingerprint density at radius 1 is 1.29 bits per heavy atom. The molecule has 1 fully saturated rings. The maximum absolute atomic E-state index is 12.9. The zero-order chi connectivity index (χ0) is 17.0. The highest BCUT2D eigenvalue weighted by molar-refractivity contribution is 5.78. The van der Waals surface area contributed by atoms with Crippen molar-refractivity contribution in [1.82, 2.24) is 9.88 Å². The number of β-amino-alcohol motifs (C(OH)–C–C–N with tert-alkyl or cyclic N) is 1. The van der Waals surface area contributed by atoms with Crippen LogP contribution in [0.4, 0.5) is 4.39 Å². The van der Waals surface area contributed by atoms with E-state index in [0.717, 1.165) is 0 Å². The molecule has 1 aliphatic rings. The fourth-order valence-electron chi connectivity index (χ4n) is 2.71. The Morgan fingerprint density at radius 2 is 2.08 bits per heavy atom. The Bertz CT molecular complexity index is 693.